The third-order valence-electron chi connectivity index (χ3n) is 4.08. The summed E-state index contributed by atoms with van der Waals surface area (Å²) < 4.78 is 0. The Morgan fingerprint density at radius 3 is 2.48 bits per heavy atom. The first-order valence-corrected chi connectivity index (χ1v) is 8.91. The quantitative estimate of drug-likeness (QED) is 0.440. The van der Waals surface area contributed by atoms with Gasteiger partial charge in [0.05, 0.1) is 6.54 Å². The molecule has 7 heteroatoms. The van der Waals surface area contributed by atoms with E-state index in [0.717, 1.165) is 48.8 Å². The van der Waals surface area contributed by atoms with E-state index in [0.29, 0.717) is 18.9 Å². The topological polar surface area (TPSA) is 61.9 Å². The van der Waals surface area contributed by atoms with Crippen molar-refractivity contribution in [2.75, 3.05) is 36.0 Å². The SMILES string of the molecule is I.NC(=NCc1ccc(N2CCCC2=O)cc1)N1CCSCC1. The number of guanidine groups is 1. The molecule has 0 aromatic heterocycles. The van der Waals surface area contributed by atoms with Crippen molar-refractivity contribution in [2.45, 2.75) is 19.4 Å². The van der Waals surface area contributed by atoms with E-state index in [9.17, 15) is 4.79 Å². The highest BCUT2D eigenvalue weighted by Crippen LogP contribution is 2.21. The van der Waals surface area contributed by atoms with E-state index in [1.54, 1.807) is 0 Å². The first kappa shape index (κ1) is 18.4. The van der Waals surface area contributed by atoms with Gasteiger partial charge in [-0.15, -0.1) is 24.0 Å². The van der Waals surface area contributed by atoms with Crippen molar-refractivity contribution in [1.29, 1.82) is 0 Å². The number of amides is 1. The lowest BCUT2D eigenvalue weighted by atomic mass is 10.2. The molecule has 0 radical (unpaired) electrons. The van der Waals surface area contributed by atoms with Crippen LogP contribution >= 0.6 is 35.7 Å². The second-order valence-corrected chi connectivity index (χ2v) is 6.81. The molecule has 1 aromatic carbocycles. The van der Waals surface area contributed by atoms with E-state index in [2.05, 4.69) is 9.89 Å². The Kier molecular flexibility index (Phi) is 7.01. The van der Waals surface area contributed by atoms with Crippen molar-refractivity contribution >= 4 is 53.3 Å². The molecule has 0 spiro atoms. The average molecular weight is 446 g/mol. The zero-order chi connectivity index (χ0) is 15.4. The maximum atomic E-state index is 11.7. The number of hydrogen-bond acceptors (Lipinski definition) is 3. The zero-order valence-electron chi connectivity index (χ0n) is 13.1. The van der Waals surface area contributed by atoms with Gasteiger partial charge in [0.1, 0.15) is 0 Å². The number of aliphatic imine (C=N–C) groups is 1. The highest BCUT2D eigenvalue weighted by atomic mass is 127. The van der Waals surface area contributed by atoms with Crippen molar-refractivity contribution < 1.29 is 4.79 Å². The third kappa shape index (κ3) is 4.76. The van der Waals surface area contributed by atoms with E-state index in [1.165, 1.54) is 0 Å². The second kappa shape index (κ2) is 8.77. The summed E-state index contributed by atoms with van der Waals surface area (Å²) >= 11 is 1.96. The minimum absolute atomic E-state index is 0. The Balaban J connectivity index is 0.00000192. The summed E-state index contributed by atoms with van der Waals surface area (Å²) in [6, 6.07) is 8.07. The molecule has 2 saturated heterocycles. The number of nitrogens with zero attached hydrogens (tertiary/aromatic N) is 3. The molecule has 2 aliphatic rings. The summed E-state index contributed by atoms with van der Waals surface area (Å²) in [4.78, 5) is 20.2. The number of carbonyl (C=O) groups excluding carboxylic acids is 1. The van der Waals surface area contributed by atoms with Crippen molar-refractivity contribution in [3.05, 3.63) is 29.8 Å². The van der Waals surface area contributed by atoms with Crippen molar-refractivity contribution in [3.8, 4) is 0 Å². The molecular formula is C16H23IN4OS. The van der Waals surface area contributed by atoms with Gasteiger partial charge in [-0.05, 0) is 24.1 Å². The van der Waals surface area contributed by atoms with Crippen LogP contribution in [0.2, 0.25) is 0 Å². The maximum absolute atomic E-state index is 11.7. The molecule has 5 nitrogen and oxygen atoms in total. The molecule has 3 rings (SSSR count). The molecule has 2 fully saturated rings. The Hall–Kier alpha value is -0.960. The fourth-order valence-corrected chi connectivity index (χ4v) is 3.67. The molecule has 1 aromatic rings. The van der Waals surface area contributed by atoms with Gasteiger partial charge in [-0.1, -0.05) is 12.1 Å². The lowest BCUT2D eigenvalue weighted by Crippen LogP contribution is -2.42. The second-order valence-electron chi connectivity index (χ2n) is 5.59. The Bertz CT molecular complexity index is 558. The highest BCUT2D eigenvalue weighted by molar-refractivity contribution is 14.0. The lowest BCUT2D eigenvalue weighted by Gasteiger charge is -2.27. The number of carbonyl (C=O) groups is 1. The predicted molar refractivity (Wildman–Crippen MR) is 108 cm³/mol. The monoisotopic (exact) mass is 446 g/mol. The third-order valence-corrected chi connectivity index (χ3v) is 5.02. The van der Waals surface area contributed by atoms with Gasteiger partial charge in [0.2, 0.25) is 5.91 Å². The van der Waals surface area contributed by atoms with Gasteiger partial charge in [0, 0.05) is 43.2 Å². The van der Waals surface area contributed by atoms with E-state index in [-0.39, 0.29) is 29.9 Å². The summed E-state index contributed by atoms with van der Waals surface area (Å²) in [6.07, 6.45) is 1.62. The number of halogens is 1. The van der Waals surface area contributed by atoms with Crippen molar-refractivity contribution in [1.82, 2.24) is 4.90 Å². The van der Waals surface area contributed by atoms with Crippen LogP contribution in [0.4, 0.5) is 5.69 Å². The van der Waals surface area contributed by atoms with Gasteiger partial charge in [-0.3, -0.25) is 4.79 Å². The molecule has 0 saturated carbocycles. The minimum atomic E-state index is 0. The average Bonchev–Trinajstić information content (AvgIpc) is 3.00. The molecule has 0 atom stereocenters. The van der Waals surface area contributed by atoms with Gasteiger partial charge in [-0.2, -0.15) is 11.8 Å². The Morgan fingerprint density at radius 1 is 1.17 bits per heavy atom. The number of benzene rings is 1. The van der Waals surface area contributed by atoms with Gasteiger partial charge >= 0.3 is 0 Å². The Morgan fingerprint density at radius 2 is 1.87 bits per heavy atom. The van der Waals surface area contributed by atoms with Gasteiger partial charge in [-0.25, -0.2) is 4.99 Å². The molecule has 0 unspecified atom stereocenters. The number of thioether (sulfide) groups is 1. The molecule has 2 aliphatic heterocycles. The zero-order valence-corrected chi connectivity index (χ0v) is 16.3. The first-order valence-electron chi connectivity index (χ1n) is 7.76. The molecule has 0 aliphatic carbocycles. The molecular weight excluding hydrogens is 423 g/mol. The van der Waals surface area contributed by atoms with Crippen LogP contribution in [0.25, 0.3) is 0 Å². The largest absolute Gasteiger partial charge is 0.370 e. The smallest absolute Gasteiger partial charge is 0.227 e. The summed E-state index contributed by atoms with van der Waals surface area (Å²) in [5.74, 6) is 3.10. The van der Waals surface area contributed by atoms with Crippen LogP contribution in [-0.4, -0.2) is 47.9 Å². The molecule has 1 amide bonds. The summed E-state index contributed by atoms with van der Waals surface area (Å²) in [7, 11) is 0. The predicted octanol–water partition coefficient (Wildman–Crippen LogP) is 2.29. The fourth-order valence-electron chi connectivity index (χ4n) is 2.77. The van der Waals surface area contributed by atoms with Crippen LogP contribution in [0.1, 0.15) is 18.4 Å². The molecule has 23 heavy (non-hydrogen) atoms. The normalized spacial score (nSPS) is 19.0. The number of nitrogens with two attached hydrogens (primary N) is 1. The standard InChI is InChI=1S/C16H22N4OS.HI/c17-16(19-8-10-22-11-9-19)18-12-13-3-5-14(6-4-13)20-7-1-2-15(20)21;/h3-6H,1-2,7-12H2,(H2,17,18);1H. The van der Waals surface area contributed by atoms with Gasteiger partial charge in [0.25, 0.3) is 0 Å². The van der Waals surface area contributed by atoms with E-state index in [4.69, 9.17) is 5.73 Å². The Labute approximate surface area is 158 Å². The number of anilines is 1. The van der Waals surface area contributed by atoms with Gasteiger partial charge in [0.15, 0.2) is 5.96 Å². The van der Waals surface area contributed by atoms with Gasteiger partial charge < -0.3 is 15.5 Å². The number of hydrogen-bond donors (Lipinski definition) is 1. The van der Waals surface area contributed by atoms with Crippen molar-refractivity contribution in [2.24, 2.45) is 10.7 Å². The molecule has 2 N–H and O–H groups in total. The summed E-state index contributed by atoms with van der Waals surface area (Å²) in [6.45, 7) is 3.38. The molecule has 0 bridgehead atoms. The molecule has 126 valence electrons. The number of rotatable bonds is 3. The first-order chi connectivity index (χ1) is 10.7. The van der Waals surface area contributed by atoms with Crippen LogP contribution in [0, 0.1) is 0 Å². The minimum Gasteiger partial charge on any atom is -0.370 e. The van der Waals surface area contributed by atoms with Crippen molar-refractivity contribution in [3.63, 3.8) is 0 Å². The van der Waals surface area contributed by atoms with Crippen LogP contribution in [0.15, 0.2) is 29.3 Å². The van der Waals surface area contributed by atoms with E-state index >= 15 is 0 Å². The van der Waals surface area contributed by atoms with Crippen LogP contribution in [0.3, 0.4) is 0 Å². The van der Waals surface area contributed by atoms with Crippen LogP contribution in [-0.2, 0) is 11.3 Å². The van der Waals surface area contributed by atoms with Crippen LogP contribution in [0.5, 0.6) is 0 Å². The van der Waals surface area contributed by atoms with E-state index in [1.807, 2.05) is 40.9 Å². The van der Waals surface area contributed by atoms with Crippen LogP contribution < -0.4 is 10.6 Å². The highest BCUT2D eigenvalue weighted by Gasteiger charge is 2.21. The molecule has 2 heterocycles. The maximum Gasteiger partial charge on any atom is 0.227 e. The van der Waals surface area contributed by atoms with E-state index < -0.39 is 0 Å². The lowest BCUT2D eigenvalue weighted by molar-refractivity contribution is -0.117. The fraction of sp³-hybridized carbons (Fsp3) is 0.500. The summed E-state index contributed by atoms with van der Waals surface area (Å²) in [5.41, 5.74) is 8.16. The summed E-state index contributed by atoms with van der Waals surface area (Å²) in [5, 5.41) is 0.